The van der Waals surface area contributed by atoms with Crippen LogP contribution in [0.2, 0.25) is 0 Å². The molecular weight excluding hydrogens is 294 g/mol. The van der Waals surface area contributed by atoms with Gasteiger partial charge >= 0.3 is 0 Å². The third kappa shape index (κ3) is 4.31. The zero-order valence-electron chi connectivity index (χ0n) is 13.4. The molecule has 1 saturated heterocycles. The summed E-state index contributed by atoms with van der Waals surface area (Å²) in [7, 11) is 2.08. The molecule has 1 aliphatic rings. The van der Waals surface area contributed by atoms with E-state index in [2.05, 4.69) is 11.9 Å². The van der Waals surface area contributed by atoms with Gasteiger partial charge in [0.2, 0.25) is 5.91 Å². The van der Waals surface area contributed by atoms with Gasteiger partial charge in [-0.2, -0.15) is 0 Å². The second-order valence-corrected chi connectivity index (χ2v) is 6.14. The third-order valence-corrected chi connectivity index (χ3v) is 4.04. The van der Waals surface area contributed by atoms with Gasteiger partial charge in [-0.05, 0) is 19.2 Å². The van der Waals surface area contributed by atoms with Crippen LogP contribution < -0.4 is 5.73 Å². The number of carbonyl (C=O) groups is 1. The number of para-hydroxylation sites is 1. The van der Waals surface area contributed by atoms with E-state index in [4.69, 9.17) is 14.9 Å². The average Bonchev–Trinajstić information content (AvgIpc) is 2.88. The highest BCUT2D eigenvalue weighted by molar-refractivity contribution is 5.78. The second kappa shape index (κ2) is 7.12. The van der Waals surface area contributed by atoms with Crippen molar-refractivity contribution < 1.29 is 13.9 Å². The average molecular weight is 317 g/mol. The number of morpholine rings is 1. The van der Waals surface area contributed by atoms with Crippen molar-refractivity contribution >= 4 is 16.9 Å². The zero-order chi connectivity index (χ0) is 16.2. The van der Waals surface area contributed by atoms with Crippen LogP contribution in [-0.4, -0.2) is 61.6 Å². The molecule has 1 fully saturated rings. The number of furan rings is 1. The lowest BCUT2D eigenvalue weighted by atomic mass is 10.2. The highest BCUT2D eigenvalue weighted by Crippen LogP contribution is 2.20. The number of hydrogen-bond acceptors (Lipinski definition) is 5. The molecule has 0 radical (unpaired) electrons. The lowest BCUT2D eigenvalue weighted by Gasteiger charge is -2.33. The van der Waals surface area contributed by atoms with Crippen molar-refractivity contribution in [3.05, 3.63) is 36.1 Å². The van der Waals surface area contributed by atoms with Gasteiger partial charge in [0.1, 0.15) is 11.3 Å². The predicted octanol–water partition coefficient (Wildman–Crippen LogP) is 1.05. The summed E-state index contributed by atoms with van der Waals surface area (Å²) in [4.78, 5) is 15.6. The molecule has 3 rings (SSSR count). The Morgan fingerprint density at radius 1 is 1.43 bits per heavy atom. The molecule has 1 aromatic heterocycles. The lowest BCUT2D eigenvalue weighted by Crippen LogP contribution is -2.47. The molecule has 1 aliphatic heterocycles. The lowest BCUT2D eigenvalue weighted by molar-refractivity contribution is -0.120. The Morgan fingerprint density at radius 2 is 2.26 bits per heavy atom. The Balaban J connectivity index is 1.69. The number of nitrogens with zero attached hydrogens (tertiary/aromatic N) is 2. The van der Waals surface area contributed by atoms with Crippen molar-refractivity contribution in [3.63, 3.8) is 0 Å². The van der Waals surface area contributed by atoms with Crippen molar-refractivity contribution in [2.45, 2.75) is 12.6 Å². The van der Waals surface area contributed by atoms with E-state index < -0.39 is 0 Å². The Kier molecular flexibility index (Phi) is 4.95. The van der Waals surface area contributed by atoms with Gasteiger partial charge in [0.15, 0.2) is 0 Å². The number of likely N-dealkylation sites (N-methyl/N-ethyl adjacent to an activating group) is 1. The molecule has 23 heavy (non-hydrogen) atoms. The number of hydrogen-bond donors (Lipinski definition) is 1. The van der Waals surface area contributed by atoms with E-state index in [-0.39, 0.29) is 18.6 Å². The van der Waals surface area contributed by atoms with Gasteiger partial charge in [0.25, 0.3) is 0 Å². The number of ether oxygens (including phenoxy) is 1. The van der Waals surface area contributed by atoms with E-state index in [0.717, 1.165) is 36.4 Å². The van der Waals surface area contributed by atoms with Crippen LogP contribution >= 0.6 is 0 Å². The van der Waals surface area contributed by atoms with E-state index in [9.17, 15) is 4.79 Å². The molecule has 1 amide bonds. The second-order valence-electron chi connectivity index (χ2n) is 6.14. The minimum Gasteiger partial charge on any atom is -0.460 e. The first-order valence-electron chi connectivity index (χ1n) is 7.88. The molecule has 1 atom stereocenters. The molecule has 124 valence electrons. The van der Waals surface area contributed by atoms with Gasteiger partial charge in [-0.25, -0.2) is 0 Å². The minimum atomic E-state index is -0.342. The van der Waals surface area contributed by atoms with Crippen LogP contribution in [0.1, 0.15) is 5.76 Å². The number of benzene rings is 1. The number of nitrogens with two attached hydrogens (primary N) is 1. The molecule has 0 bridgehead atoms. The summed E-state index contributed by atoms with van der Waals surface area (Å²) >= 11 is 0. The standard InChI is InChI=1S/C17H23N3O3/c1-19-6-7-22-15(9-19)11-20(12-17(18)21)10-14-8-13-4-2-3-5-16(13)23-14/h2-5,8,15H,6-7,9-12H2,1H3,(H2,18,21)/t15-/m0/s1. The fourth-order valence-corrected chi connectivity index (χ4v) is 3.01. The van der Waals surface area contributed by atoms with Crippen LogP contribution in [-0.2, 0) is 16.1 Å². The highest BCUT2D eigenvalue weighted by Gasteiger charge is 2.22. The van der Waals surface area contributed by atoms with Crippen molar-refractivity contribution in [2.24, 2.45) is 5.73 Å². The molecule has 2 aromatic rings. The maximum atomic E-state index is 11.4. The monoisotopic (exact) mass is 317 g/mol. The number of fused-ring (bicyclic) bond motifs is 1. The van der Waals surface area contributed by atoms with Crippen LogP contribution in [0.5, 0.6) is 0 Å². The summed E-state index contributed by atoms with van der Waals surface area (Å²) in [6.45, 7) is 3.91. The smallest absolute Gasteiger partial charge is 0.231 e. The summed E-state index contributed by atoms with van der Waals surface area (Å²) in [5, 5.41) is 1.06. The van der Waals surface area contributed by atoms with Gasteiger partial charge in [0.05, 0.1) is 25.8 Å². The SMILES string of the molecule is CN1CCO[C@H](CN(CC(N)=O)Cc2cc3ccccc3o2)C1. The van der Waals surface area contributed by atoms with E-state index in [1.54, 1.807) is 0 Å². The van der Waals surface area contributed by atoms with Gasteiger partial charge < -0.3 is 19.8 Å². The van der Waals surface area contributed by atoms with Crippen LogP contribution in [0.4, 0.5) is 0 Å². The first-order valence-corrected chi connectivity index (χ1v) is 7.88. The summed E-state index contributed by atoms with van der Waals surface area (Å²) in [5.41, 5.74) is 6.25. The van der Waals surface area contributed by atoms with Gasteiger partial charge in [-0.3, -0.25) is 9.69 Å². The van der Waals surface area contributed by atoms with E-state index in [0.29, 0.717) is 13.1 Å². The molecule has 0 spiro atoms. The Labute approximate surface area is 135 Å². The van der Waals surface area contributed by atoms with E-state index in [1.165, 1.54) is 0 Å². The predicted molar refractivity (Wildman–Crippen MR) is 87.9 cm³/mol. The Bertz CT molecular complexity index is 637. The van der Waals surface area contributed by atoms with E-state index in [1.807, 2.05) is 35.2 Å². The molecule has 6 heteroatoms. The third-order valence-electron chi connectivity index (χ3n) is 4.04. The molecular formula is C17H23N3O3. The number of primary amides is 1. The maximum absolute atomic E-state index is 11.4. The fraction of sp³-hybridized carbons (Fsp3) is 0.471. The first-order chi connectivity index (χ1) is 11.1. The van der Waals surface area contributed by atoms with Crippen LogP contribution in [0.15, 0.2) is 34.7 Å². The quantitative estimate of drug-likeness (QED) is 0.862. The minimum absolute atomic E-state index is 0.0810. The van der Waals surface area contributed by atoms with E-state index >= 15 is 0 Å². The van der Waals surface area contributed by atoms with Crippen LogP contribution in [0.25, 0.3) is 11.0 Å². The molecule has 6 nitrogen and oxygen atoms in total. The molecule has 0 aliphatic carbocycles. The summed E-state index contributed by atoms with van der Waals surface area (Å²) in [5.74, 6) is 0.488. The van der Waals surface area contributed by atoms with Gasteiger partial charge in [0, 0.05) is 25.0 Å². The van der Waals surface area contributed by atoms with Crippen LogP contribution in [0, 0.1) is 0 Å². The van der Waals surface area contributed by atoms with Crippen molar-refractivity contribution in [1.29, 1.82) is 0 Å². The maximum Gasteiger partial charge on any atom is 0.231 e. The summed E-state index contributed by atoms with van der Waals surface area (Å²) < 4.78 is 11.6. The van der Waals surface area contributed by atoms with Gasteiger partial charge in [-0.1, -0.05) is 18.2 Å². The number of carbonyl (C=O) groups excluding carboxylic acids is 1. The number of rotatable bonds is 6. The molecule has 1 aromatic carbocycles. The largest absolute Gasteiger partial charge is 0.460 e. The van der Waals surface area contributed by atoms with Crippen LogP contribution in [0.3, 0.4) is 0 Å². The zero-order valence-corrected chi connectivity index (χ0v) is 13.4. The normalized spacial score (nSPS) is 19.5. The van der Waals surface area contributed by atoms with Crippen molar-refractivity contribution in [3.8, 4) is 0 Å². The first kappa shape index (κ1) is 16.0. The fourth-order valence-electron chi connectivity index (χ4n) is 3.01. The molecule has 2 heterocycles. The summed E-state index contributed by atoms with van der Waals surface area (Å²) in [6.07, 6.45) is 0.0810. The Morgan fingerprint density at radius 3 is 3.00 bits per heavy atom. The molecule has 0 unspecified atom stereocenters. The van der Waals surface area contributed by atoms with Crippen molar-refractivity contribution in [1.82, 2.24) is 9.80 Å². The molecule has 0 saturated carbocycles. The topological polar surface area (TPSA) is 71.9 Å². The van der Waals surface area contributed by atoms with Crippen molar-refractivity contribution in [2.75, 3.05) is 39.8 Å². The van der Waals surface area contributed by atoms with Gasteiger partial charge in [-0.15, -0.1) is 0 Å². The highest BCUT2D eigenvalue weighted by atomic mass is 16.5. The molecule has 2 N–H and O–H groups in total. The Hall–Kier alpha value is -1.89. The summed E-state index contributed by atoms with van der Waals surface area (Å²) in [6, 6.07) is 9.89. The number of amides is 1.